The van der Waals surface area contributed by atoms with Crippen LogP contribution in [-0.2, 0) is 10.2 Å². The fourth-order valence-electron chi connectivity index (χ4n) is 3.57. The monoisotopic (exact) mass is 273 g/mol. The third-order valence-electron chi connectivity index (χ3n) is 4.88. The van der Waals surface area contributed by atoms with Gasteiger partial charge in [0.25, 0.3) is 0 Å². The van der Waals surface area contributed by atoms with Crippen molar-refractivity contribution < 1.29 is 9.53 Å². The molecule has 1 aromatic carbocycles. The summed E-state index contributed by atoms with van der Waals surface area (Å²) in [4.78, 5) is 15.1. The molecular weight excluding hydrogens is 250 g/mol. The molecule has 0 N–H and O–H groups in total. The number of nitrogens with zero attached hydrogens (tertiary/aromatic N) is 1. The normalized spacial score (nSPS) is 21.1. The second-order valence-electron chi connectivity index (χ2n) is 5.99. The van der Waals surface area contributed by atoms with Crippen molar-refractivity contribution in [2.45, 2.75) is 43.9 Å². The highest BCUT2D eigenvalue weighted by Crippen LogP contribution is 2.48. The third kappa shape index (κ3) is 2.09. The lowest BCUT2D eigenvalue weighted by atomic mass is 9.63. The smallest absolute Gasteiger partial charge is 0.233 e. The summed E-state index contributed by atoms with van der Waals surface area (Å²) in [6.45, 7) is 1.85. The van der Waals surface area contributed by atoms with E-state index in [0.29, 0.717) is 5.91 Å². The van der Waals surface area contributed by atoms with Crippen molar-refractivity contribution in [2.24, 2.45) is 0 Å². The summed E-state index contributed by atoms with van der Waals surface area (Å²) >= 11 is 0. The van der Waals surface area contributed by atoms with E-state index in [4.69, 9.17) is 4.74 Å². The summed E-state index contributed by atoms with van der Waals surface area (Å²) < 4.78 is 5.49. The van der Waals surface area contributed by atoms with E-state index in [1.165, 1.54) is 6.42 Å². The van der Waals surface area contributed by atoms with Crippen molar-refractivity contribution in [3.8, 4) is 5.75 Å². The molecule has 0 spiro atoms. The maximum atomic E-state index is 13.0. The lowest BCUT2D eigenvalue weighted by Crippen LogP contribution is -2.52. The predicted octanol–water partition coefficient (Wildman–Crippen LogP) is 3.13. The quantitative estimate of drug-likeness (QED) is 0.847. The molecule has 0 radical (unpaired) electrons. The first-order valence-corrected chi connectivity index (χ1v) is 7.71. The maximum Gasteiger partial charge on any atom is 0.233 e. The zero-order valence-electron chi connectivity index (χ0n) is 12.2. The zero-order chi connectivity index (χ0) is 14.0. The molecule has 1 aliphatic heterocycles. The van der Waals surface area contributed by atoms with Gasteiger partial charge in [0.15, 0.2) is 0 Å². The van der Waals surface area contributed by atoms with Gasteiger partial charge in [-0.15, -0.1) is 0 Å². The average Bonchev–Trinajstić information content (AvgIpc) is 2.47. The minimum Gasteiger partial charge on any atom is -0.496 e. The number of hydrogen-bond donors (Lipinski definition) is 0. The molecule has 3 rings (SSSR count). The van der Waals surface area contributed by atoms with E-state index in [1.54, 1.807) is 7.11 Å². The van der Waals surface area contributed by atoms with Crippen molar-refractivity contribution in [1.82, 2.24) is 4.90 Å². The molecule has 0 atom stereocenters. The number of ether oxygens (including phenoxy) is 1. The van der Waals surface area contributed by atoms with Crippen molar-refractivity contribution in [3.05, 3.63) is 29.8 Å². The van der Waals surface area contributed by atoms with Gasteiger partial charge in [-0.05, 0) is 38.2 Å². The summed E-state index contributed by atoms with van der Waals surface area (Å²) in [6.07, 6.45) is 6.61. The van der Waals surface area contributed by atoms with Crippen LogP contribution in [0.25, 0.3) is 0 Å². The standard InChI is InChI=1S/C17H23NO2/c1-20-15-9-4-3-8-14(15)17(10-7-11-17)16(19)18-12-5-2-6-13-18/h3-4,8-9H,2,5-7,10-13H2,1H3. The largest absolute Gasteiger partial charge is 0.496 e. The van der Waals surface area contributed by atoms with Gasteiger partial charge in [-0.3, -0.25) is 4.79 Å². The van der Waals surface area contributed by atoms with Gasteiger partial charge >= 0.3 is 0 Å². The lowest BCUT2D eigenvalue weighted by Gasteiger charge is -2.45. The van der Waals surface area contributed by atoms with Crippen LogP contribution in [0.15, 0.2) is 24.3 Å². The van der Waals surface area contributed by atoms with E-state index in [9.17, 15) is 4.79 Å². The summed E-state index contributed by atoms with van der Waals surface area (Å²) in [5.41, 5.74) is 0.772. The van der Waals surface area contributed by atoms with Crippen LogP contribution in [0.2, 0.25) is 0 Å². The van der Waals surface area contributed by atoms with Crippen LogP contribution < -0.4 is 4.74 Å². The van der Waals surface area contributed by atoms with E-state index < -0.39 is 0 Å². The molecule has 1 aromatic rings. The van der Waals surface area contributed by atoms with Gasteiger partial charge in [0.05, 0.1) is 12.5 Å². The Balaban J connectivity index is 1.92. The van der Waals surface area contributed by atoms with Crippen LogP contribution in [0, 0.1) is 0 Å². The first-order chi connectivity index (χ1) is 9.78. The summed E-state index contributed by atoms with van der Waals surface area (Å²) in [6, 6.07) is 8.03. The number of carbonyl (C=O) groups excluding carboxylic acids is 1. The molecule has 0 unspecified atom stereocenters. The highest BCUT2D eigenvalue weighted by Gasteiger charge is 2.49. The Kier molecular flexibility index (Phi) is 3.68. The number of para-hydroxylation sites is 1. The SMILES string of the molecule is COc1ccccc1C1(C(=O)N2CCCCC2)CCC1. The molecule has 1 aliphatic carbocycles. The number of piperidine rings is 1. The number of rotatable bonds is 3. The highest BCUT2D eigenvalue weighted by molar-refractivity contribution is 5.90. The molecule has 3 heteroatoms. The lowest BCUT2D eigenvalue weighted by molar-refractivity contribution is -0.142. The van der Waals surface area contributed by atoms with Gasteiger partial charge in [0.2, 0.25) is 5.91 Å². The number of benzene rings is 1. The molecule has 1 amide bonds. The Morgan fingerprint density at radius 2 is 1.80 bits per heavy atom. The van der Waals surface area contributed by atoms with Gasteiger partial charge in [-0.25, -0.2) is 0 Å². The fraction of sp³-hybridized carbons (Fsp3) is 0.588. The van der Waals surface area contributed by atoms with Gasteiger partial charge in [0.1, 0.15) is 5.75 Å². The van der Waals surface area contributed by atoms with Crippen LogP contribution in [0.1, 0.15) is 44.1 Å². The Bertz CT molecular complexity index is 488. The number of likely N-dealkylation sites (tertiary alicyclic amines) is 1. The van der Waals surface area contributed by atoms with Crippen LogP contribution in [0.4, 0.5) is 0 Å². The van der Waals surface area contributed by atoms with Crippen molar-refractivity contribution in [3.63, 3.8) is 0 Å². The zero-order valence-corrected chi connectivity index (χ0v) is 12.2. The van der Waals surface area contributed by atoms with Crippen LogP contribution in [0.5, 0.6) is 5.75 Å². The van der Waals surface area contributed by atoms with E-state index in [1.807, 2.05) is 18.2 Å². The third-order valence-corrected chi connectivity index (χ3v) is 4.88. The van der Waals surface area contributed by atoms with Crippen LogP contribution in [0.3, 0.4) is 0 Å². The molecule has 1 saturated carbocycles. The second-order valence-corrected chi connectivity index (χ2v) is 5.99. The minimum absolute atomic E-state index is 0.316. The summed E-state index contributed by atoms with van der Waals surface area (Å²) in [7, 11) is 1.69. The first kappa shape index (κ1) is 13.5. The average molecular weight is 273 g/mol. The molecule has 2 fully saturated rings. The van der Waals surface area contributed by atoms with Crippen LogP contribution >= 0.6 is 0 Å². The number of hydrogen-bond acceptors (Lipinski definition) is 2. The molecular formula is C17H23NO2. The predicted molar refractivity (Wildman–Crippen MR) is 79.0 cm³/mol. The Hall–Kier alpha value is -1.51. The maximum absolute atomic E-state index is 13.0. The molecule has 3 nitrogen and oxygen atoms in total. The van der Waals surface area contributed by atoms with Crippen molar-refractivity contribution >= 4 is 5.91 Å². The van der Waals surface area contributed by atoms with E-state index in [0.717, 1.165) is 56.5 Å². The molecule has 0 aromatic heterocycles. The number of methoxy groups -OCH3 is 1. The van der Waals surface area contributed by atoms with Gasteiger partial charge < -0.3 is 9.64 Å². The Morgan fingerprint density at radius 1 is 1.10 bits per heavy atom. The van der Waals surface area contributed by atoms with E-state index in [-0.39, 0.29) is 5.41 Å². The van der Waals surface area contributed by atoms with E-state index in [2.05, 4.69) is 11.0 Å². The molecule has 2 aliphatic rings. The Morgan fingerprint density at radius 3 is 2.40 bits per heavy atom. The Labute approximate surface area is 120 Å². The van der Waals surface area contributed by atoms with Crippen molar-refractivity contribution in [2.75, 3.05) is 20.2 Å². The van der Waals surface area contributed by atoms with Gasteiger partial charge in [0, 0.05) is 18.7 Å². The second kappa shape index (κ2) is 5.47. The molecule has 1 heterocycles. The molecule has 0 bridgehead atoms. The topological polar surface area (TPSA) is 29.5 Å². The number of carbonyl (C=O) groups is 1. The summed E-state index contributed by atoms with van der Waals surface area (Å²) in [5, 5.41) is 0. The number of amides is 1. The summed E-state index contributed by atoms with van der Waals surface area (Å²) in [5.74, 6) is 1.19. The molecule has 108 valence electrons. The molecule has 1 saturated heterocycles. The van der Waals surface area contributed by atoms with Crippen molar-refractivity contribution in [1.29, 1.82) is 0 Å². The molecule has 20 heavy (non-hydrogen) atoms. The fourth-order valence-corrected chi connectivity index (χ4v) is 3.57. The van der Waals surface area contributed by atoms with Gasteiger partial charge in [-0.1, -0.05) is 24.6 Å². The highest BCUT2D eigenvalue weighted by atomic mass is 16.5. The van der Waals surface area contributed by atoms with Crippen LogP contribution in [-0.4, -0.2) is 31.0 Å². The van der Waals surface area contributed by atoms with E-state index >= 15 is 0 Å². The first-order valence-electron chi connectivity index (χ1n) is 7.71. The minimum atomic E-state index is -0.316. The van der Waals surface area contributed by atoms with Gasteiger partial charge in [-0.2, -0.15) is 0 Å².